The first-order valence-corrected chi connectivity index (χ1v) is 10.8. The molecule has 1 aliphatic carbocycles. The Morgan fingerprint density at radius 3 is 2.83 bits per heavy atom. The molecule has 4 heterocycles. The largest absolute Gasteiger partial charge is 0.388 e. The third kappa shape index (κ3) is 3.38. The molecule has 1 spiro atoms. The molecule has 1 N–H and O–H groups in total. The van der Waals surface area contributed by atoms with E-state index in [1.165, 1.54) is 0 Å². The van der Waals surface area contributed by atoms with E-state index in [4.69, 9.17) is 19.3 Å². The zero-order valence-electron chi connectivity index (χ0n) is 17.2. The van der Waals surface area contributed by atoms with Gasteiger partial charge in [-0.25, -0.2) is 9.67 Å². The van der Waals surface area contributed by atoms with Gasteiger partial charge in [-0.3, -0.25) is 0 Å². The lowest BCUT2D eigenvalue weighted by Gasteiger charge is -2.41. The molecule has 0 unspecified atom stereocenters. The minimum atomic E-state index is -0.201. The molecule has 0 radical (unpaired) electrons. The average molecular weight is 399 g/mol. The standard InChI is InChI=1S/C21H29N5O3/c1-3-26-20-17(13-23-26)19(24-14-5-7-27-8-6-14)16(12-22-20)18-11-21(29-25-18)9-15(10-21)28-4-2/h12-15H,3-11H2,1-2H3,(H,22,24). The van der Waals surface area contributed by atoms with Crippen molar-refractivity contribution in [2.75, 3.05) is 25.1 Å². The molecular weight excluding hydrogens is 370 g/mol. The summed E-state index contributed by atoms with van der Waals surface area (Å²) in [7, 11) is 0. The lowest BCUT2D eigenvalue weighted by Crippen LogP contribution is -2.48. The van der Waals surface area contributed by atoms with Crippen LogP contribution < -0.4 is 5.32 Å². The molecule has 8 heteroatoms. The van der Waals surface area contributed by atoms with Gasteiger partial charge in [-0.05, 0) is 26.7 Å². The molecule has 0 bridgehead atoms. The Kier molecular flexibility index (Phi) is 4.91. The number of rotatable bonds is 6. The van der Waals surface area contributed by atoms with Crippen LogP contribution in [0.3, 0.4) is 0 Å². The van der Waals surface area contributed by atoms with Gasteiger partial charge in [0.25, 0.3) is 0 Å². The molecular formula is C21H29N5O3. The number of nitrogens with zero attached hydrogens (tertiary/aromatic N) is 4. The third-order valence-corrected chi connectivity index (χ3v) is 6.29. The van der Waals surface area contributed by atoms with Crippen molar-refractivity contribution in [1.29, 1.82) is 0 Å². The van der Waals surface area contributed by atoms with Crippen LogP contribution in [0.25, 0.3) is 11.0 Å². The van der Waals surface area contributed by atoms with Crippen LogP contribution in [0.5, 0.6) is 0 Å². The topological polar surface area (TPSA) is 82.8 Å². The predicted octanol–water partition coefficient (Wildman–Crippen LogP) is 3.10. The van der Waals surface area contributed by atoms with E-state index in [0.717, 1.165) is 86.5 Å². The van der Waals surface area contributed by atoms with E-state index in [2.05, 4.69) is 22.5 Å². The first-order chi connectivity index (χ1) is 14.2. The second-order valence-corrected chi connectivity index (χ2v) is 8.25. The van der Waals surface area contributed by atoms with Crippen LogP contribution in [-0.2, 0) is 20.9 Å². The molecule has 5 rings (SSSR count). The lowest BCUT2D eigenvalue weighted by molar-refractivity contribution is -0.156. The van der Waals surface area contributed by atoms with Crippen molar-refractivity contribution in [3.8, 4) is 0 Å². The number of hydrogen-bond acceptors (Lipinski definition) is 7. The number of fused-ring (bicyclic) bond motifs is 1. The van der Waals surface area contributed by atoms with E-state index in [1.807, 2.05) is 24.0 Å². The average Bonchev–Trinajstić information content (AvgIpc) is 3.34. The molecule has 2 aliphatic heterocycles. The van der Waals surface area contributed by atoms with Gasteiger partial charge in [-0.15, -0.1) is 0 Å². The minimum absolute atomic E-state index is 0.201. The highest BCUT2D eigenvalue weighted by atomic mass is 16.7. The summed E-state index contributed by atoms with van der Waals surface area (Å²) in [5, 5.41) is 13.8. The van der Waals surface area contributed by atoms with Crippen LogP contribution in [0, 0.1) is 0 Å². The minimum Gasteiger partial charge on any atom is -0.388 e. The van der Waals surface area contributed by atoms with Gasteiger partial charge < -0.3 is 19.6 Å². The molecule has 2 aromatic heterocycles. The summed E-state index contributed by atoms with van der Waals surface area (Å²) in [5.74, 6) is 0. The number of pyridine rings is 1. The van der Waals surface area contributed by atoms with Crippen molar-refractivity contribution in [1.82, 2.24) is 14.8 Å². The van der Waals surface area contributed by atoms with Crippen LogP contribution in [0.15, 0.2) is 17.5 Å². The smallest absolute Gasteiger partial charge is 0.159 e. The summed E-state index contributed by atoms with van der Waals surface area (Å²) in [6.07, 6.45) is 8.73. The number of aromatic nitrogens is 3. The number of hydrogen-bond donors (Lipinski definition) is 1. The summed E-state index contributed by atoms with van der Waals surface area (Å²) < 4.78 is 13.2. The van der Waals surface area contributed by atoms with Crippen molar-refractivity contribution in [2.45, 2.75) is 70.2 Å². The highest BCUT2D eigenvalue weighted by Crippen LogP contribution is 2.45. The monoisotopic (exact) mass is 399 g/mol. The van der Waals surface area contributed by atoms with Crippen molar-refractivity contribution >= 4 is 22.4 Å². The normalized spacial score (nSPS) is 27.1. The van der Waals surface area contributed by atoms with Crippen LogP contribution in [-0.4, -0.2) is 58.0 Å². The molecule has 29 heavy (non-hydrogen) atoms. The molecule has 3 aliphatic rings. The van der Waals surface area contributed by atoms with Gasteiger partial charge in [0, 0.05) is 63.4 Å². The molecule has 0 aromatic carbocycles. The molecule has 0 atom stereocenters. The van der Waals surface area contributed by atoms with E-state index in [0.29, 0.717) is 6.04 Å². The Hall–Kier alpha value is -2.19. The van der Waals surface area contributed by atoms with E-state index in [1.54, 1.807) is 0 Å². The SMILES string of the molecule is CCOC1CC2(CC(c3cnc4c(cnn4CC)c3NC3CCOCC3)=NO2)C1. The van der Waals surface area contributed by atoms with Gasteiger partial charge in [0.2, 0.25) is 0 Å². The van der Waals surface area contributed by atoms with Gasteiger partial charge in [0.15, 0.2) is 5.65 Å². The maximum absolute atomic E-state index is 5.92. The fourth-order valence-electron chi connectivity index (χ4n) is 4.69. The van der Waals surface area contributed by atoms with Crippen molar-refractivity contribution < 1.29 is 14.3 Å². The lowest BCUT2D eigenvalue weighted by atomic mass is 9.74. The highest BCUT2D eigenvalue weighted by Gasteiger charge is 2.51. The molecule has 0 amide bonds. The van der Waals surface area contributed by atoms with Crippen molar-refractivity contribution in [3.05, 3.63) is 18.0 Å². The van der Waals surface area contributed by atoms with Crippen LogP contribution >= 0.6 is 0 Å². The van der Waals surface area contributed by atoms with E-state index >= 15 is 0 Å². The highest BCUT2D eigenvalue weighted by molar-refractivity contribution is 6.10. The number of ether oxygens (including phenoxy) is 2. The van der Waals surface area contributed by atoms with Crippen LogP contribution in [0.1, 0.15) is 51.5 Å². The Labute approximate surface area is 170 Å². The second-order valence-electron chi connectivity index (χ2n) is 8.25. The van der Waals surface area contributed by atoms with Crippen LogP contribution in [0.2, 0.25) is 0 Å². The summed E-state index contributed by atoms with van der Waals surface area (Å²) in [5.41, 5.74) is 3.76. The Bertz CT molecular complexity index is 912. The quantitative estimate of drug-likeness (QED) is 0.804. The summed E-state index contributed by atoms with van der Waals surface area (Å²) in [4.78, 5) is 10.6. The van der Waals surface area contributed by atoms with Crippen molar-refractivity contribution in [2.24, 2.45) is 5.16 Å². The van der Waals surface area contributed by atoms with Gasteiger partial charge in [-0.2, -0.15) is 5.10 Å². The van der Waals surface area contributed by atoms with Gasteiger partial charge in [-0.1, -0.05) is 5.16 Å². The number of aryl methyl sites for hydroxylation is 1. The van der Waals surface area contributed by atoms with Crippen molar-refractivity contribution in [3.63, 3.8) is 0 Å². The number of anilines is 1. The second kappa shape index (κ2) is 7.57. The fraction of sp³-hybridized carbons (Fsp3) is 0.667. The first kappa shape index (κ1) is 18.8. The molecule has 1 saturated heterocycles. The summed E-state index contributed by atoms with van der Waals surface area (Å²) >= 11 is 0. The Morgan fingerprint density at radius 2 is 2.07 bits per heavy atom. The summed E-state index contributed by atoms with van der Waals surface area (Å²) in [6.45, 7) is 7.24. The Balaban J connectivity index is 1.44. The Morgan fingerprint density at radius 1 is 1.24 bits per heavy atom. The van der Waals surface area contributed by atoms with Gasteiger partial charge >= 0.3 is 0 Å². The van der Waals surface area contributed by atoms with Gasteiger partial charge in [0.1, 0.15) is 5.60 Å². The molecule has 2 fully saturated rings. The zero-order chi connectivity index (χ0) is 19.8. The maximum Gasteiger partial charge on any atom is 0.159 e. The third-order valence-electron chi connectivity index (χ3n) is 6.29. The first-order valence-electron chi connectivity index (χ1n) is 10.8. The molecule has 8 nitrogen and oxygen atoms in total. The summed E-state index contributed by atoms with van der Waals surface area (Å²) in [6, 6.07) is 0.376. The molecule has 2 aromatic rings. The van der Waals surface area contributed by atoms with E-state index < -0.39 is 0 Å². The zero-order valence-corrected chi connectivity index (χ0v) is 17.2. The fourth-order valence-corrected chi connectivity index (χ4v) is 4.69. The predicted molar refractivity (Wildman–Crippen MR) is 110 cm³/mol. The van der Waals surface area contributed by atoms with Crippen LogP contribution in [0.4, 0.5) is 5.69 Å². The number of oxime groups is 1. The van der Waals surface area contributed by atoms with E-state index in [9.17, 15) is 0 Å². The van der Waals surface area contributed by atoms with Gasteiger partial charge in [0.05, 0.1) is 29.1 Å². The van der Waals surface area contributed by atoms with E-state index in [-0.39, 0.29) is 11.7 Å². The molecule has 1 saturated carbocycles. The molecule has 156 valence electrons. The maximum atomic E-state index is 5.92. The number of nitrogens with one attached hydrogen (secondary N) is 1.